The highest BCUT2D eigenvalue weighted by molar-refractivity contribution is 5.67. The van der Waals surface area contributed by atoms with Crippen molar-refractivity contribution in [2.24, 2.45) is 0 Å². The molecule has 72 valence electrons. The Hall–Kier alpha value is -1.08. The van der Waals surface area contributed by atoms with Gasteiger partial charge in [-0.15, -0.1) is 0 Å². The Morgan fingerprint density at radius 3 is 2.71 bits per heavy atom. The summed E-state index contributed by atoms with van der Waals surface area (Å²) in [4.78, 5) is 0. The smallest absolute Gasteiger partial charge is 0.101 e. The molecule has 1 heteroatoms. The minimum absolute atomic E-state index is 0.351. The first-order valence-corrected chi connectivity index (χ1v) is 5.27. The van der Waals surface area contributed by atoms with Crippen LogP contribution in [0.5, 0.6) is 0 Å². The molecule has 0 amide bonds. The van der Waals surface area contributed by atoms with Crippen molar-refractivity contribution in [2.75, 3.05) is 0 Å². The molecule has 2 aliphatic carbocycles. The molecule has 0 saturated carbocycles. The summed E-state index contributed by atoms with van der Waals surface area (Å²) in [6, 6.07) is 4.46. The van der Waals surface area contributed by atoms with Gasteiger partial charge >= 0.3 is 0 Å². The number of aliphatic hydroxyl groups excluding tert-OH is 1. The van der Waals surface area contributed by atoms with E-state index in [0.717, 1.165) is 11.1 Å². The Balaban J connectivity index is 2.19. The topological polar surface area (TPSA) is 20.2 Å². The fourth-order valence-electron chi connectivity index (χ4n) is 2.59. The molecule has 0 radical (unpaired) electrons. The highest BCUT2D eigenvalue weighted by atomic mass is 16.3. The second kappa shape index (κ2) is 2.71. The molecule has 0 aliphatic heterocycles. The van der Waals surface area contributed by atoms with Crippen LogP contribution in [-0.4, -0.2) is 5.11 Å². The first kappa shape index (κ1) is 8.25. The van der Waals surface area contributed by atoms with Crippen molar-refractivity contribution in [1.82, 2.24) is 0 Å². The predicted molar refractivity (Wildman–Crippen MR) is 57.1 cm³/mol. The van der Waals surface area contributed by atoms with E-state index >= 15 is 0 Å². The van der Waals surface area contributed by atoms with Gasteiger partial charge in [0.05, 0.1) is 0 Å². The third-order valence-electron chi connectivity index (χ3n) is 3.41. The van der Waals surface area contributed by atoms with Crippen LogP contribution in [0.1, 0.15) is 41.7 Å². The number of aliphatic hydroxyl groups is 1. The van der Waals surface area contributed by atoms with Crippen molar-refractivity contribution >= 4 is 6.08 Å². The standard InChI is InChI=1S/C13H14O/c1-8-5-11-6-9-3-2-4-10(9)7-12(11)13(8)14/h5-7,13-14H,2-4H2,1H3. The number of hydrogen-bond donors (Lipinski definition) is 1. The van der Waals surface area contributed by atoms with Gasteiger partial charge < -0.3 is 5.11 Å². The van der Waals surface area contributed by atoms with Crippen molar-refractivity contribution < 1.29 is 5.11 Å². The molecular formula is C13H14O. The third kappa shape index (κ3) is 0.992. The van der Waals surface area contributed by atoms with Crippen LogP contribution >= 0.6 is 0 Å². The Labute approximate surface area is 84.1 Å². The predicted octanol–water partition coefficient (Wildman–Crippen LogP) is 2.63. The van der Waals surface area contributed by atoms with Crippen LogP contribution in [0.3, 0.4) is 0 Å². The normalized spacial score (nSPS) is 23.3. The molecule has 2 aliphatic rings. The SMILES string of the molecule is CC1=Cc2cc3c(cc2C1O)CCC3. The molecule has 14 heavy (non-hydrogen) atoms. The molecule has 0 saturated heterocycles. The lowest BCUT2D eigenvalue weighted by molar-refractivity contribution is 0.220. The second-order valence-corrected chi connectivity index (χ2v) is 4.39. The second-order valence-electron chi connectivity index (χ2n) is 4.39. The molecule has 1 atom stereocenters. The fourth-order valence-corrected chi connectivity index (χ4v) is 2.59. The number of rotatable bonds is 0. The number of fused-ring (bicyclic) bond motifs is 2. The molecule has 1 nitrogen and oxygen atoms in total. The number of benzene rings is 1. The van der Waals surface area contributed by atoms with Crippen LogP contribution < -0.4 is 0 Å². The van der Waals surface area contributed by atoms with E-state index in [1.165, 1.54) is 36.0 Å². The molecule has 3 rings (SSSR count). The van der Waals surface area contributed by atoms with E-state index in [2.05, 4.69) is 18.2 Å². The molecule has 0 bridgehead atoms. The summed E-state index contributed by atoms with van der Waals surface area (Å²) in [5.41, 5.74) is 6.36. The van der Waals surface area contributed by atoms with Crippen LogP contribution in [0.4, 0.5) is 0 Å². The maximum atomic E-state index is 9.91. The third-order valence-corrected chi connectivity index (χ3v) is 3.41. The molecule has 1 unspecified atom stereocenters. The van der Waals surface area contributed by atoms with Gasteiger partial charge in [0.25, 0.3) is 0 Å². The molecule has 0 spiro atoms. The van der Waals surface area contributed by atoms with E-state index in [9.17, 15) is 5.11 Å². The molecule has 0 fully saturated rings. The first-order chi connectivity index (χ1) is 6.75. The van der Waals surface area contributed by atoms with Crippen LogP contribution in [0.25, 0.3) is 6.08 Å². The molecule has 1 N–H and O–H groups in total. The maximum Gasteiger partial charge on any atom is 0.101 e. The van der Waals surface area contributed by atoms with Crippen molar-refractivity contribution in [3.8, 4) is 0 Å². The Morgan fingerprint density at radius 1 is 1.21 bits per heavy atom. The molecule has 1 aromatic carbocycles. The summed E-state index contributed by atoms with van der Waals surface area (Å²) in [5, 5.41) is 9.91. The van der Waals surface area contributed by atoms with Gasteiger partial charge in [0.2, 0.25) is 0 Å². The summed E-state index contributed by atoms with van der Waals surface area (Å²) in [7, 11) is 0. The summed E-state index contributed by atoms with van der Waals surface area (Å²) in [6.45, 7) is 2.00. The molecule has 0 aromatic heterocycles. The quantitative estimate of drug-likeness (QED) is 0.660. The van der Waals surface area contributed by atoms with Crippen LogP contribution in [0, 0.1) is 0 Å². The minimum Gasteiger partial charge on any atom is -0.384 e. The minimum atomic E-state index is -0.351. The summed E-state index contributed by atoms with van der Waals surface area (Å²) in [5.74, 6) is 0. The largest absolute Gasteiger partial charge is 0.384 e. The van der Waals surface area contributed by atoms with Crippen molar-refractivity contribution in [2.45, 2.75) is 32.3 Å². The van der Waals surface area contributed by atoms with Gasteiger partial charge in [-0.25, -0.2) is 0 Å². The highest BCUT2D eigenvalue weighted by Gasteiger charge is 2.23. The van der Waals surface area contributed by atoms with E-state index in [0.29, 0.717) is 0 Å². The maximum absolute atomic E-state index is 9.91. The van der Waals surface area contributed by atoms with Gasteiger partial charge in [0.1, 0.15) is 6.10 Å². The van der Waals surface area contributed by atoms with E-state index in [1.54, 1.807) is 0 Å². The first-order valence-electron chi connectivity index (χ1n) is 5.27. The molecule has 0 heterocycles. The summed E-state index contributed by atoms with van der Waals surface area (Å²) < 4.78 is 0. The lowest BCUT2D eigenvalue weighted by atomic mass is 10.0. The van der Waals surface area contributed by atoms with E-state index in [1.807, 2.05) is 6.92 Å². The number of aryl methyl sites for hydroxylation is 2. The van der Waals surface area contributed by atoms with Gasteiger partial charge in [-0.2, -0.15) is 0 Å². The van der Waals surface area contributed by atoms with Crippen molar-refractivity contribution in [1.29, 1.82) is 0 Å². The highest BCUT2D eigenvalue weighted by Crippen LogP contribution is 2.37. The molecular weight excluding hydrogens is 172 g/mol. The van der Waals surface area contributed by atoms with Crippen molar-refractivity contribution in [3.05, 3.63) is 40.0 Å². The molecule has 1 aromatic rings. The Morgan fingerprint density at radius 2 is 1.93 bits per heavy atom. The average molecular weight is 186 g/mol. The summed E-state index contributed by atoms with van der Waals surface area (Å²) >= 11 is 0. The number of hydrogen-bond acceptors (Lipinski definition) is 1. The van der Waals surface area contributed by atoms with Crippen molar-refractivity contribution in [3.63, 3.8) is 0 Å². The zero-order valence-corrected chi connectivity index (χ0v) is 8.38. The van der Waals surface area contributed by atoms with E-state index in [4.69, 9.17) is 0 Å². The summed E-state index contributed by atoms with van der Waals surface area (Å²) in [6.07, 6.45) is 5.44. The van der Waals surface area contributed by atoms with Gasteiger partial charge in [-0.3, -0.25) is 0 Å². The average Bonchev–Trinajstić information content (AvgIpc) is 2.70. The van der Waals surface area contributed by atoms with Gasteiger partial charge in [0.15, 0.2) is 0 Å². The van der Waals surface area contributed by atoms with Crippen LogP contribution in [0.2, 0.25) is 0 Å². The Kier molecular flexibility index (Phi) is 1.59. The zero-order valence-electron chi connectivity index (χ0n) is 8.38. The lowest BCUT2D eigenvalue weighted by Crippen LogP contribution is -1.96. The van der Waals surface area contributed by atoms with Gasteiger partial charge in [-0.05, 0) is 54.0 Å². The van der Waals surface area contributed by atoms with E-state index in [-0.39, 0.29) is 6.10 Å². The zero-order chi connectivity index (χ0) is 9.71. The van der Waals surface area contributed by atoms with Crippen LogP contribution in [-0.2, 0) is 12.8 Å². The van der Waals surface area contributed by atoms with Gasteiger partial charge in [0, 0.05) is 0 Å². The van der Waals surface area contributed by atoms with Gasteiger partial charge in [-0.1, -0.05) is 18.2 Å². The monoisotopic (exact) mass is 186 g/mol. The van der Waals surface area contributed by atoms with E-state index < -0.39 is 0 Å². The fraction of sp³-hybridized carbons (Fsp3) is 0.385. The van der Waals surface area contributed by atoms with Crippen LogP contribution in [0.15, 0.2) is 17.7 Å². The Bertz CT molecular complexity index is 429. The lowest BCUT2D eigenvalue weighted by Gasteiger charge is -2.08.